The van der Waals surface area contributed by atoms with Gasteiger partial charge in [0.05, 0.1) is 0 Å². The maximum absolute atomic E-state index is 6.03. The summed E-state index contributed by atoms with van der Waals surface area (Å²) in [4.78, 5) is 10.4. The normalized spacial score (nSPS) is 28.9. The third-order valence-electron chi connectivity index (χ3n) is 3.55. The molecular weight excluding hydrogens is 245 g/mol. The molecular formula is C11H13Cl2N3. The molecule has 86 valence electrons. The van der Waals surface area contributed by atoms with E-state index in [1.54, 1.807) is 6.20 Å². The van der Waals surface area contributed by atoms with Gasteiger partial charge in [0.2, 0.25) is 5.28 Å². The second kappa shape index (κ2) is 4.13. The second-order valence-electron chi connectivity index (χ2n) is 4.73. The van der Waals surface area contributed by atoms with Crippen LogP contribution in [-0.4, -0.2) is 28.0 Å². The zero-order valence-corrected chi connectivity index (χ0v) is 10.4. The lowest BCUT2D eigenvalue weighted by molar-refractivity contribution is 0.211. The Labute approximate surface area is 105 Å². The van der Waals surface area contributed by atoms with Crippen LogP contribution in [0.2, 0.25) is 10.4 Å². The first-order valence-electron chi connectivity index (χ1n) is 5.61. The SMILES string of the molecule is Clc1ncc(CN2CCC3CC3C2)c(Cl)n1. The van der Waals surface area contributed by atoms with Crippen molar-refractivity contribution in [2.24, 2.45) is 11.8 Å². The van der Waals surface area contributed by atoms with Gasteiger partial charge in [0.15, 0.2) is 0 Å². The number of hydrogen-bond acceptors (Lipinski definition) is 3. The molecule has 2 atom stereocenters. The van der Waals surface area contributed by atoms with Crippen LogP contribution in [0.4, 0.5) is 0 Å². The third-order valence-corrected chi connectivity index (χ3v) is 4.06. The zero-order chi connectivity index (χ0) is 11.1. The van der Waals surface area contributed by atoms with Crippen LogP contribution < -0.4 is 0 Å². The lowest BCUT2D eigenvalue weighted by atomic mass is 10.1. The van der Waals surface area contributed by atoms with Crippen LogP contribution in [0, 0.1) is 11.8 Å². The average molecular weight is 258 g/mol. The fourth-order valence-corrected chi connectivity index (χ4v) is 2.88. The maximum Gasteiger partial charge on any atom is 0.223 e. The minimum absolute atomic E-state index is 0.217. The molecule has 1 aromatic rings. The van der Waals surface area contributed by atoms with E-state index in [2.05, 4.69) is 14.9 Å². The van der Waals surface area contributed by atoms with Crippen LogP contribution in [0.3, 0.4) is 0 Å². The fourth-order valence-electron chi connectivity index (χ4n) is 2.52. The molecule has 3 rings (SSSR count). The quantitative estimate of drug-likeness (QED) is 0.603. The molecule has 0 amide bonds. The summed E-state index contributed by atoms with van der Waals surface area (Å²) in [7, 11) is 0. The Bertz CT molecular complexity index is 410. The monoisotopic (exact) mass is 257 g/mol. The summed E-state index contributed by atoms with van der Waals surface area (Å²) in [5.74, 6) is 1.94. The molecule has 0 N–H and O–H groups in total. The van der Waals surface area contributed by atoms with Crippen LogP contribution in [0.25, 0.3) is 0 Å². The van der Waals surface area contributed by atoms with Gasteiger partial charge in [0.1, 0.15) is 5.15 Å². The molecule has 1 aromatic heterocycles. The highest BCUT2D eigenvalue weighted by molar-refractivity contribution is 6.32. The van der Waals surface area contributed by atoms with Gasteiger partial charge in [-0.25, -0.2) is 9.97 Å². The lowest BCUT2D eigenvalue weighted by Gasteiger charge is -2.26. The number of aromatic nitrogens is 2. The molecule has 1 aliphatic heterocycles. The molecule has 0 spiro atoms. The first kappa shape index (κ1) is 10.8. The van der Waals surface area contributed by atoms with Gasteiger partial charge in [0.25, 0.3) is 0 Å². The predicted molar refractivity (Wildman–Crippen MR) is 63.5 cm³/mol. The van der Waals surface area contributed by atoms with E-state index < -0.39 is 0 Å². The van der Waals surface area contributed by atoms with E-state index in [0.29, 0.717) is 5.15 Å². The Morgan fingerprint density at radius 2 is 2.25 bits per heavy atom. The van der Waals surface area contributed by atoms with Gasteiger partial charge < -0.3 is 0 Å². The number of nitrogens with zero attached hydrogens (tertiary/aromatic N) is 3. The van der Waals surface area contributed by atoms with Crippen molar-refractivity contribution >= 4 is 23.2 Å². The Kier molecular flexibility index (Phi) is 2.78. The topological polar surface area (TPSA) is 29.0 Å². The summed E-state index contributed by atoms with van der Waals surface area (Å²) >= 11 is 11.7. The molecule has 0 radical (unpaired) electrons. The highest BCUT2D eigenvalue weighted by Gasteiger charge is 2.41. The van der Waals surface area contributed by atoms with Gasteiger partial charge in [0, 0.05) is 24.8 Å². The standard InChI is InChI=1S/C11H13Cl2N3/c12-10-9(4-14-11(13)15-10)6-16-2-1-7-3-8(7)5-16/h4,7-8H,1-3,5-6H2. The molecule has 1 aliphatic carbocycles. The van der Waals surface area contributed by atoms with Crippen LogP contribution in [-0.2, 0) is 6.54 Å². The van der Waals surface area contributed by atoms with Crippen molar-refractivity contribution in [3.05, 3.63) is 22.2 Å². The van der Waals surface area contributed by atoms with Crippen molar-refractivity contribution in [1.82, 2.24) is 14.9 Å². The number of likely N-dealkylation sites (tertiary alicyclic amines) is 1. The Morgan fingerprint density at radius 1 is 1.38 bits per heavy atom. The van der Waals surface area contributed by atoms with Crippen molar-refractivity contribution in [3.8, 4) is 0 Å². The first-order chi connectivity index (χ1) is 7.72. The van der Waals surface area contributed by atoms with E-state index >= 15 is 0 Å². The van der Waals surface area contributed by atoms with Crippen molar-refractivity contribution in [2.45, 2.75) is 19.4 Å². The van der Waals surface area contributed by atoms with Gasteiger partial charge in [-0.05, 0) is 42.8 Å². The Balaban J connectivity index is 1.68. The van der Waals surface area contributed by atoms with Crippen LogP contribution in [0.5, 0.6) is 0 Å². The summed E-state index contributed by atoms with van der Waals surface area (Å²) in [6, 6.07) is 0. The summed E-state index contributed by atoms with van der Waals surface area (Å²) < 4.78 is 0. The number of rotatable bonds is 2. The van der Waals surface area contributed by atoms with E-state index in [9.17, 15) is 0 Å². The summed E-state index contributed by atoms with van der Waals surface area (Å²) in [5, 5.41) is 0.701. The van der Waals surface area contributed by atoms with Crippen LogP contribution in [0.15, 0.2) is 6.20 Å². The fraction of sp³-hybridized carbons (Fsp3) is 0.636. The molecule has 2 fully saturated rings. The van der Waals surface area contributed by atoms with Gasteiger partial charge >= 0.3 is 0 Å². The van der Waals surface area contributed by atoms with E-state index in [1.165, 1.54) is 25.9 Å². The van der Waals surface area contributed by atoms with Crippen molar-refractivity contribution < 1.29 is 0 Å². The average Bonchev–Trinajstić information content (AvgIpc) is 3.00. The highest BCUT2D eigenvalue weighted by atomic mass is 35.5. The van der Waals surface area contributed by atoms with Crippen molar-refractivity contribution in [2.75, 3.05) is 13.1 Å². The van der Waals surface area contributed by atoms with Gasteiger partial charge in [-0.15, -0.1) is 0 Å². The lowest BCUT2D eigenvalue weighted by Crippen LogP contribution is -2.31. The van der Waals surface area contributed by atoms with E-state index in [1.807, 2.05) is 0 Å². The predicted octanol–water partition coefficient (Wildman–Crippen LogP) is 2.63. The minimum atomic E-state index is 0.217. The minimum Gasteiger partial charge on any atom is -0.299 e. The van der Waals surface area contributed by atoms with E-state index in [-0.39, 0.29) is 5.28 Å². The zero-order valence-electron chi connectivity index (χ0n) is 8.87. The third kappa shape index (κ3) is 2.17. The molecule has 2 aliphatic rings. The largest absolute Gasteiger partial charge is 0.299 e. The molecule has 5 heteroatoms. The first-order valence-corrected chi connectivity index (χ1v) is 6.37. The molecule has 16 heavy (non-hydrogen) atoms. The van der Waals surface area contributed by atoms with Gasteiger partial charge in [-0.3, -0.25) is 4.90 Å². The summed E-state index contributed by atoms with van der Waals surface area (Å²) in [6.45, 7) is 3.21. The van der Waals surface area contributed by atoms with E-state index in [0.717, 1.165) is 23.9 Å². The number of hydrogen-bond donors (Lipinski definition) is 0. The molecule has 3 nitrogen and oxygen atoms in total. The van der Waals surface area contributed by atoms with Crippen LogP contribution in [0.1, 0.15) is 18.4 Å². The second-order valence-corrected chi connectivity index (χ2v) is 5.43. The molecule has 2 heterocycles. The van der Waals surface area contributed by atoms with Crippen molar-refractivity contribution in [3.63, 3.8) is 0 Å². The summed E-state index contributed by atoms with van der Waals surface area (Å²) in [5.41, 5.74) is 0.977. The number of piperidine rings is 1. The molecule has 0 aromatic carbocycles. The van der Waals surface area contributed by atoms with Crippen molar-refractivity contribution in [1.29, 1.82) is 0 Å². The van der Waals surface area contributed by atoms with E-state index in [4.69, 9.17) is 23.2 Å². The smallest absolute Gasteiger partial charge is 0.223 e. The molecule has 0 bridgehead atoms. The molecule has 1 saturated carbocycles. The summed E-state index contributed by atoms with van der Waals surface area (Å²) in [6.07, 6.45) is 4.48. The maximum atomic E-state index is 6.03. The Hall–Kier alpha value is -0.380. The Morgan fingerprint density at radius 3 is 3.00 bits per heavy atom. The van der Waals surface area contributed by atoms with Gasteiger partial charge in [-0.2, -0.15) is 0 Å². The molecule has 1 saturated heterocycles. The van der Waals surface area contributed by atoms with Gasteiger partial charge in [-0.1, -0.05) is 11.6 Å². The number of fused-ring (bicyclic) bond motifs is 1. The highest BCUT2D eigenvalue weighted by Crippen LogP contribution is 2.45. The number of halogens is 2. The van der Waals surface area contributed by atoms with Crippen LogP contribution >= 0.6 is 23.2 Å². The molecule has 2 unspecified atom stereocenters.